The van der Waals surface area contributed by atoms with Gasteiger partial charge >= 0.3 is 0 Å². The summed E-state index contributed by atoms with van der Waals surface area (Å²) in [5.41, 5.74) is 1.52. The highest BCUT2D eigenvalue weighted by molar-refractivity contribution is 9.10. The fourth-order valence-electron chi connectivity index (χ4n) is 3.18. The highest BCUT2D eigenvalue weighted by Crippen LogP contribution is 2.38. The number of piperazine rings is 1. The van der Waals surface area contributed by atoms with Crippen LogP contribution in [0.5, 0.6) is 11.5 Å². The molecule has 0 saturated carbocycles. The van der Waals surface area contributed by atoms with Crippen LogP contribution in [0.3, 0.4) is 0 Å². The van der Waals surface area contributed by atoms with Gasteiger partial charge in [0.05, 0.1) is 29.4 Å². The van der Waals surface area contributed by atoms with E-state index in [1.165, 1.54) is 0 Å². The van der Waals surface area contributed by atoms with E-state index in [-0.39, 0.29) is 0 Å². The van der Waals surface area contributed by atoms with Gasteiger partial charge in [0.2, 0.25) is 5.78 Å². The van der Waals surface area contributed by atoms with Crippen LogP contribution < -0.4 is 19.7 Å². The predicted octanol–water partition coefficient (Wildman–Crippen LogP) is 3.24. The van der Waals surface area contributed by atoms with Gasteiger partial charge in [-0.25, -0.2) is 4.98 Å². The van der Waals surface area contributed by atoms with Crippen molar-refractivity contribution in [2.45, 2.75) is 0 Å². The predicted molar refractivity (Wildman–Crippen MR) is 109 cm³/mol. The van der Waals surface area contributed by atoms with Gasteiger partial charge in [-0.05, 0) is 22.0 Å². The lowest BCUT2D eigenvalue weighted by atomic mass is 10.1. The molecule has 7 nitrogen and oxygen atoms in total. The standard InChI is InChI=1S/C18H19BrClN5O2/c1-26-15-8-16(27-2)13(20)7-11(15)14-10-25-9-12(19)17(23-18(25)22-14)24-5-3-21-4-6-24/h7-10,21H,3-6H2,1-2H3. The fraction of sp³-hybridized carbons (Fsp3) is 0.333. The Morgan fingerprint density at radius 2 is 1.81 bits per heavy atom. The van der Waals surface area contributed by atoms with Crippen molar-refractivity contribution in [2.24, 2.45) is 0 Å². The number of aromatic nitrogens is 3. The van der Waals surface area contributed by atoms with Crippen molar-refractivity contribution < 1.29 is 9.47 Å². The number of hydrogen-bond donors (Lipinski definition) is 1. The second-order valence-electron chi connectivity index (χ2n) is 6.17. The van der Waals surface area contributed by atoms with Gasteiger partial charge in [-0.3, -0.25) is 4.40 Å². The summed E-state index contributed by atoms with van der Waals surface area (Å²) in [5.74, 6) is 2.72. The molecule has 1 aliphatic heterocycles. The molecule has 1 fully saturated rings. The molecule has 0 radical (unpaired) electrons. The normalized spacial score (nSPS) is 14.6. The van der Waals surface area contributed by atoms with Gasteiger partial charge in [0.1, 0.15) is 17.3 Å². The summed E-state index contributed by atoms with van der Waals surface area (Å²) in [6.07, 6.45) is 3.89. The van der Waals surface area contributed by atoms with Crippen molar-refractivity contribution in [1.29, 1.82) is 0 Å². The lowest BCUT2D eigenvalue weighted by Gasteiger charge is -2.29. The summed E-state index contributed by atoms with van der Waals surface area (Å²) < 4.78 is 13.6. The quantitative estimate of drug-likeness (QED) is 0.656. The Kier molecular flexibility index (Phi) is 5.12. The number of benzene rings is 1. The molecule has 0 atom stereocenters. The van der Waals surface area contributed by atoms with E-state index in [0.29, 0.717) is 22.3 Å². The van der Waals surface area contributed by atoms with Crippen LogP contribution in [0.25, 0.3) is 17.0 Å². The lowest BCUT2D eigenvalue weighted by Crippen LogP contribution is -2.44. The minimum absolute atomic E-state index is 0.501. The molecule has 1 aliphatic rings. The van der Waals surface area contributed by atoms with Crippen LogP contribution in [0.2, 0.25) is 5.02 Å². The number of ether oxygens (including phenoxy) is 2. The zero-order valence-corrected chi connectivity index (χ0v) is 17.3. The molecular formula is C18H19BrClN5O2. The number of nitrogens with one attached hydrogen (secondary N) is 1. The Morgan fingerprint density at radius 1 is 1.07 bits per heavy atom. The first-order valence-electron chi connectivity index (χ1n) is 8.53. The van der Waals surface area contributed by atoms with E-state index in [0.717, 1.165) is 47.7 Å². The monoisotopic (exact) mass is 451 g/mol. The lowest BCUT2D eigenvalue weighted by molar-refractivity contribution is 0.395. The van der Waals surface area contributed by atoms with Gasteiger partial charge in [0.25, 0.3) is 0 Å². The van der Waals surface area contributed by atoms with Gasteiger partial charge < -0.3 is 19.7 Å². The van der Waals surface area contributed by atoms with Gasteiger partial charge in [0.15, 0.2) is 0 Å². The van der Waals surface area contributed by atoms with E-state index in [2.05, 4.69) is 26.1 Å². The van der Waals surface area contributed by atoms with E-state index in [1.54, 1.807) is 26.4 Å². The van der Waals surface area contributed by atoms with Crippen LogP contribution in [0.1, 0.15) is 0 Å². The second-order valence-corrected chi connectivity index (χ2v) is 7.43. The molecule has 142 valence electrons. The van der Waals surface area contributed by atoms with E-state index in [4.69, 9.17) is 31.0 Å². The van der Waals surface area contributed by atoms with Gasteiger partial charge in [-0.1, -0.05) is 11.6 Å². The minimum Gasteiger partial charge on any atom is -0.496 e. The van der Waals surface area contributed by atoms with E-state index in [9.17, 15) is 0 Å². The van der Waals surface area contributed by atoms with Crippen molar-refractivity contribution in [3.05, 3.63) is 34.0 Å². The molecule has 27 heavy (non-hydrogen) atoms. The second kappa shape index (κ2) is 7.53. The number of imidazole rings is 1. The molecule has 0 spiro atoms. The Morgan fingerprint density at radius 3 is 2.52 bits per heavy atom. The summed E-state index contributed by atoms with van der Waals surface area (Å²) in [5, 5.41) is 3.85. The average molecular weight is 453 g/mol. The van der Waals surface area contributed by atoms with Crippen LogP contribution in [-0.4, -0.2) is 54.8 Å². The van der Waals surface area contributed by atoms with Crippen molar-refractivity contribution in [3.63, 3.8) is 0 Å². The van der Waals surface area contributed by atoms with Crippen LogP contribution in [-0.2, 0) is 0 Å². The van der Waals surface area contributed by atoms with Crippen molar-refractivity contribution in [2.75, 3.05) is 45.3 Å². The average Bonchev–Trinajstić information content (AvgIpc) is 3.10. The number of hydrogen-bond acceptors (Lipinski definition) is 6. The van der Waals surface area contributed by atoms with Crippen LogP contribution >= 0.6 is 27.5 Å². The first-order valence-corrected chi connectivity index (χ1v) is 9.70. The molecule has 1 aromatic carbocycles. The number of anilines is 1. The molecule has 0 aliphatic carbocycles. The van der Waals surface area contributed by atoms with Gasteiger partial charge in [0, 0.05) is 50.2 Å². The summed E-state index contributed by atoms with van der Waals surface area (Å²) in [6.45, 7) is 3.72. The first kappa shape index (κ1) is 18.3. The molecule has 0 unspecified atom stereocenters. The van der Waals surface area contributed by atoms with Crippen molar-refractivity contribution in [1.82, 2.24) is 19.7 Å². The molecule has 9 heteroatoms. The molecule has 3 aromatic rings. The highest BCUT2D eigenvalue weighted by Gasteiger charge is 2.19. The molecule has 0 amide bonds. The summed E-state index contributed by atoms with van der Waals surface area (Å²) in [7, 11) is 3.18. The molecule has 1 N–H and O–H groups in total. The fourth-order valence-corrected chi connectivity index (χ4v) is 3.98. The van der Waals surface area contributed by atoms with Gasteiger partial charge in [-0.15, -0.1) is 0 Å². The number of fused-ring (bicyclic) bond motifs is 1. The molecule has 2 aromatic heterocycles. The summed E-state index contributed by atoms with van der Waals surface area (Å²) in [4.78, 5) is 11.7. The largest absolute Gasteiger partial charge is 0.496 e. The molecule has 1 saturated heterocycles. The molecule has 0 bridgehead atoms. The van der Waals surface area contributed by atoms with Crippen LogP contribution in [0.4, 0.5) is 5.82 Å². The number of methoxy groups -OCH3 is 2. The Hall–Kier alpha value is -2.03. The minimum atomic E-state index is 0.501. The maximum Gasteiger partial charge on any atom is 0.236 e. The number of halogens is 2. The topological polar surface area (TPSA) is 63.9 Å². The van der Waals surface area contributed by atoms with Crippen molar-refractivity contribution in [3.8, 4) is 22.8 Å². The number of nitrogens with zero attached hydrogens (tertiary/aromatic N) is 4. The van der Waals surface area contributed by atoms with E-state index in [1.807, 2.05) is 16.8 Å². The third kappa shape index (κ3) is 3.44. The summed E-state index contributed by atoms with van der Waals surface area (Å²) in [6, 6.07) is 3.56. The zero-order valence-electron chi connectivity index (χ0n) is 15.0. The van der Waals surface area contributed by atoms with Crippen LogP contribution in [0.15, 0.2) is 29.0 Å². The maximum atomic E-state index is 6.31. The smallest absolute Gasteiger partial charge is 0.236 e. The molecular weight excluding hydrogens is 434 g/mol. The Balaban J connectivity index is 1.79. The highest BCUT2D eigenvalue weighted by atomic mass is 79.9. The van der Waals surface area contributed by atoms with E-state index >= 15 is 0 Å². The zero-order chi connectivity index (χ0) is 19.0. The first-order chi connectivity index (χ1) is 13.1. The number of rotatable bonds is 4. The summed E-state index contributed by atoms with van der Waals surface area (Å²) >= 11 is 9.95. The maximum absolute atomic E-state index is 6.31. The Bertz CT molecular complexity index is 988. The molecule has 4 rings (SSSR count). The van der Waals surface area contributed by atoms with Crippen LogP contribution in [0, 0.1) is 0 Å². The third-order valence-electron chi connectivity index (χ3n) is 4.55. The Labute approximate surface area is 170 Å². The third-order valence-corrected chi connectivity index (χ3v) is 5.41. The molecule has 3 heterocycles. The van der Waals surface area contributed by atoms with Crippen molar-refractivity contribution >= 4 is 39.1 Å². The van der Waals surface area contributed by atoms with Gasteiger partial charge in [-0.2, -0.15) is 4.98 Å². The van der Waals surface area contributed by atoms with E-state index < -0.39 is 0 Å². The SMILES string of the molecule is COc1cc(OC)c(-c2cn3cc(Br)c(N4CCNCC4)nc3n2)cc1Cl.